The molecule has 0 fully saturated rings. The number of ether oxygens (including phenoxy) is 15. The minimum atomic E-state index is -0.109. The highest BCUT2D eigenvalue weighted by atomic mass is 16.6. The van der Waals surface area contributed by atoms with Crippen LogP contribution in [0, 0.1) is 0 Å². The van der Waals surface area contributed by atoms with E-state index in [-0.39, 0.29) is 51.1 Å². The summed E-state index contributed by atoms with van der Waals surface area (Å²) >= 11 is 0. The van der Waals surface area contributed by atoms with E-state index in [1.165, 1.54) is 24.6 Å². The van der Waals surface area contributed by atoms with E-state index in [0.717, 1.165) is 0 Å². The zero-order valence-electron chi connectivity index (χ0n) is 35.5. The summed E-state index contributed by atoms with van der Waals surface area (Å²) in [6, 6.07) is 9.54. The molecule has 346 valence electrons. The van der Waals surface area contributed by atoms with Gasteiger partial charge in [0.1, 0.15) is 51.1 Å². The first kappa shape index (κ1) is 47.5. The van der Waals surface area contributed by atoms with E-state index in [1.807, 2.05) is 0 Å². The van der Waals surface area contributed by atoms with Crippen LogP contribution in [0.4, 0.5) is 11.4 Å². The predicted octanol–water partition coefficient (Wildman–Crippen LogP) is 4.06. The van der Waals surface area contributed by atoms with E-state index in [2.05, 4.69) is 0 Å². The minimum Gasteiger partial charge on any atom is -0.507 e. The molecule has 3 heterocycles. The smallest absolute Gasteiger partial charge is 0.165 e. The molecule has 3 aromatic rings. The number of fused-ring (bicyclic) bond motifs is 3. The van der Waals surface area contributed by atoms with Crippen molar-refractivity contribution in [3.63, 3.8) is 0 Å². The van der Waals surface area contributed by atoms with Gasteiger partial charge in [0.25, 0.3) is 0 Å². The fourth-order valence-corrected chi connectivity index (χ4v) is 5.93. The van der Waals surface area contributed by atoms with Crippen molar-refractivity contribution in [2.75, 3.05) is 159 Å². The van der Waals surface area contributed by atoms with E-state index in [1.54, 1.807) is 24.3 Å². The van der Waals surface area contributed by atoms with Gasteiger partial charge >= 0.3 is 0 Å². The van der Waals surface area contributed by atoms with Crippen LogP contribution in [0.1, 0.15) is 11.1 Å². The van der Waals surface area contributed by atoms with Gasteiger partial charge in [-0.05, 0) is 12.1 Å². The Bertz CT molecular complexity index is 1730. The summed E-state index contributed by atoms with van der Waals surface area (Å²) in [4.78, 5) is 9.56. The van der Waals surface area contributed by atoms with Crippen molar-refractivity contribution in [3.05, 3.63) is 47.5 Å². The van der Waals surface area contributed by atoms with Crippen LogP contribution in [0.5, 0.6) is 46.0 Å². The second-order valence-corrected chi connectivity index (χ2v) is 13.6. The highest BCUT2D eigenvalue weighted by molar-refractivity contribution is 5.91. The maximum absolute atomic E-state index is 11.2. The highest BCUT2D eigenvalue weighted by Crippen LogP contribution is 2.42. The SMILES string of the molecule is Oc1cc2c(cc1C=Nc1cc3c(cc1N=Cc1cc4c(cc1O)OCCOCCOCCOCCO4)OCCOCCOCCOCCO3)OCCOCCOCCOCCO2. The molecule has 0 saturated heterocycles. The summed E-state index contributed by atoms with van der Waals surface area (Å²) in [5.74, 6) is 1.93. The van der Waals surface area contributed by atoms with Gasteiger partial charge in [-0.3, -0.25) is 9.98 Å². The van der Waals surface area contributed by atoms with Crippen LogP contribution in [0.2, 0.25) is 0 Å². The number of rotatable bonds is 4. The molecule has 0 radical (unpaired) electrons. The number of aromatic hydroxyl groups is 2. The van der Waals surface area contributed by atoms with Crippen LogP contribution in [-0.2, 0) is 42.6 Å². The molecule has 0 atom stereocenters. The molecular formula is C44H58N2O17. The molecule has 63 heavy (non-hydrogen) atoms. The van der Waals surface area contributed by atoms with Gasteiger partial charge in [0, 0.05) is 47.8 Å². The average molecular weight is 887 g/mol. The normalized spacial score (nSPS) is 19.4. The van der Waals surface area contributed by atoms with Crippen LogP contribution >= 0.6 is 0 Å². The monoisotopic (exact) mass is 886 g/mol. The molecule has 0 aliphatic carbocycles. The van der Waals surface area contributed by atoms with Crippen molar-refractivity contribution in [1.82, 2.24) is 0 Å². The first-order valence-corrected chi connectivity index (χ1v) is 21.1. The summed E-state index contributed by atoms with van der Waals surface area (Å²) in [5.41, 5.74) is 1.34. The molecule has 0 amide bonds. The van der Waals surface area contributed by atoms with Gasteiger partial charge in [-0.1, -0.05) is 0 Å². The molecule has 3 aromatic carbocycles. The standard InChI is InChI=1S/C44H58N2O17/c47-37-29-43-39(58-19-13-52-7-1-49-5-11-56-17-23-62-43)25-33(37)31-45-35-27-41-42(61-22-16-55-10-4-51-3-9-54-15-21-60-41)28-36(35)46-32-34-26-40-44(30-38(34)48)63-24-18-57-12-6-50-2-8-53-14-20-59-40/h25-32,47-48H,1-24H2. The van der Waals surface area contributed by atoms with Crippen LogP contribution in [-0.4, -0.2) is 181 Å². The molecule has 0 saturated carbocycles. The van der Waals surface area contributed by atoms with E-state index in [4.69, 9.17) is 81.0 Å². The quantitative estimate of drug-likeness (QED) is 0.355. The van der Waals surface area contributed by atoms with Gasteiger partial charge in [0.15, 0.2) is 34.5 Å². The van der Waals surface area contributed by atoms with Crippen LogP contribution in [0.3, 0.4) is 0 Å². The molecule has 3 aliphatic rings. The Kier molecular flexibility index (Phi) is 21.1. The summed E-state index contributed by atoms with van der Waals surface area (Å²) in [6.07, 6.45) is 2.95. The number of hydrogen-bond donors (Lipinski definition) is 2. The Morgan fingerprint density at radius 2 is 0.492 bits per heavy atom. The Labute approximate surface area is 366 Å². The Balaban J connectivity index is 1.31. The number of nitrogens with zero attached hydrogens (tertiary/aromatic N) is 2. The Morgan fingerprint density at radius 3 is 0.746 bits per heavy atom. The first-order valence-electron chi connectivity index (χ1n) is 21.1. The molecule has 0 bridgehead atoms. The topological polar surface area (TPSA) is 204 Å². The molecule has 6 rings (SSSR count). The number of phenols is 2. The number of benzene rings is 3. The van der Waals surface area contributed by atoms with Crippen molar-refractivity contribution in [2.45, 2.75) is 0 Å². The second-order valence-electron chi connectivity index (χ2n) is 13.6. The lowest BCUT2D eigenvalue weighted by Crippen LogP contribution is -2.13. The van der Waals surface area contributed by atoms with Crippen LogP contribution in [0.25, 0.3) is 0 Å². The summed E-state index contributed by atoms with van der Waals surface area (Å²) < 4.78 is 86.6. The third kappa shape index (κ3) is 16.9. The zero-order chi connectivity index (χ0) is 43.6. The minimum absolute atomic E-state index is 0.109. The number of hydrogen-bond acceptors (Lipinski definition) is 19. The van der Waals surface area contributed by atoms with Crippen molar-refractivity contribution in [3.8, 4) is 46.0 Å². The molecule has 0 aromatic heterocycles. The molecule has 3 aliphatic heterocycles. The first-order chi connectivity index (χ1) is 31.1. The molecular weight excluding hydrogens is 828 g/mol. The maximum Gasteiger partial charge on any atom is 0.165 e. The van der Waals surface area contributed by atoms with Crippen molar-refractivity contribution in [1.29, 1.82) is 0 Å². The van der Waals surface area contributed by atoms with E-state index in [0.29, 0.717) is 176 Å². The van der Waals surface area contributed by atoms with E-state index in [9.17, 15) is 10.2 Å². The average Bonchev–Trinajstić information content (AvgIpc) is 3.30. The second kappa shape index (κ2) is 28.0. The molecule has 19 nitrogen and oxygen atoms in total. The van der Waals surface area contributed by atoms with Gasteiger partial charge in [-0.2, -0.15) is 0 Å². The predicted molar refractivity (Wildman–Crippen MR) is 228 cm³/mol. The van der Waals surface area contributed by atoms with Gasteiger partial charge in [-0.15, -0.1) is 0 Å². The summed E-state index contributed by atoms with van der Waals surface area (Å²) in [7, 11) is 0. The molecule has 19 heteroatoms. The Morgan fingerprint density at radius 1 is 0.286 bits per heavy atom. The number of aliphatic imine (C=N–C) groups is 2. The van der Waals surface area contributed by atoms with Gasteiger partial charge in [-0.25, -0.2) is 0 Å². The lowest BCUT2D eigenvalue weighted by Gasteiger charge is -2.16. The lowest BCUT2D eigenvalue weighted by molar-refractivity contribution is 0.00708. The van der Waals surface area contributed by atoms with E-state index < -0.39 is 0 Å². The largest absolute Gasteiger partial charge is 0.507 e. The molecule has 2 N–H and O–H groups in total. The van der Waals surface area contributed by atoms with Gasteiger partial charge in [0.05, 0.1) is 130 Å². The Hall–Kier alpha value is -4.96. The molecule has 0 spiro atoms. The summed E-state index contributed by atoms with van der Waals surface area (Å²) in [6.45, 7) is 8.22. The fraction of sp³-hybridized carbons (Fsp3) is 0.545. The third-order valence-electron chi connectivity index (χ3n) is 9.06. The van der Waals surface area contributed by atoms with Crippen LogP contribution in [0.15, 0.2) is 46.4 Å². The third-order valence-corrected chi connectivity index (χ3v) is 9.06. The fourth-order valence-electron chi connectivity index (χ4n) is 5.93. The molecule has 0 unspecified atom stereocenters. The van der Waals surface area contributed by atoms with Gasteiger partial charge < -0.3 is 81.3 Å². The summed E-state index contributed by atoms with van der Waals surface area (Å²) in [5, 5.41) is 22.4. The van der Waals surface area contributed by atoms with Gasteiger partial charge in [0.2, 0.25) is 0 Å². The van der Waals surface area contributed by atoms with Crippen molar-refractivity contribution < 1.29 is 81.3 Å². The van der Waals surface area contributed by atoms with E-state index >= 15 is 0 Å². The van der Waals surface area contributed by atoms with Crippen molar-refractivity contribution >= 4 is 23.8 Å². The highest BCUT2D eigenvalue weighted by Gasteiger charge is 2.17. The maximum atomic E-state index is 11.2. The zero-order valence-corrected chi connectivity index (χ0v) is 35.5. The number of phenolic OH excluding ortho intramolecular Hbond substituents is 2. The van der Waals surface area contributed by atoms with Crippen molar-refractivity contribution in [2.24, 2.45) is 9.98 Å². The van der Waals surface area contributed by atoms with Crippen LogP contribution < -0.4 is 28.4 Å². The lowest BCUT2D eigenvalue weighted by atomic mass is 10.1.